The van der Waals surface area contributed by atoms with Crippen LogP contribution in [0.1, 0.15) is 24.8 Å². The highest BCUT2D eigenvalue weighted by Gasteiger charge is 2.16. The number of aliphatic imine (C=N–C) groups is 1. The highest BCUT2D eigenvalue weighted by molar-refractivity contribution is 7.98. The zero-order chi connectivity index (χ0) is 20.9. The van der Waals surface area contributed by atoms with Crippen molar-refractivity contribution in [3.8, 4) is 11.5 Å². The number of nitrogens with zero attached hydrogens (tertiary/aromatic N) is 5. The third-order valence-electron chi connectivity index (χ3n) is 5.29. The third kappa shape index (κ3) is 4.59. The van der Waals surface area contributed by atoms with Crippen molar-refractivity contribution in [2.75, 3.05) is 0 Å². The predicted molar refractivity (Wildman–Crippen MR) is 127 cm³/mol. The van der Waals surface area contributed by atoms with Crippen LogP contribution in [-0.2, 0) is 12.3 Å². The lowest BCUT2D eigenvalue weighted by Crippen LogP contribution is -2.04. The number of aromatic nitrogens is 4. The molecule has 0 saturated carbocycles. The molecule has 0 unspecified atom stereocenters. The van der Waals surface area contributed by atoms with E-state index in [9.17, 15) is 0 Å². The smallest absolute Gasteiger partial charge is 0.191 e. The van der Waals surface area contributed by atoms with Gasteiger partial charge in [0.25, 0.3) is 0 Å². The molecule has 31 heavy (non-hydrogen) atoms. The monoisotopic (exact) mass is 425 g/mol. The number of allylic oxidation sites excluding steroid dienone is 2. The molecule has 4 aromatic rings. The van der Waals surface area contributed by atoms with Crippen LogP contribution >= 0.6 is 11.8 Å². The molecule has 154 valence electrons. The van der Waals surface area contributed by atoms with E-state index in [1.165, 1.54) is 11.3 Å². The number of pyridine rings is 1. The Balaban J connectivity index is 1.42. The molecule has 5 nitrogen and oxygen atoms in total. The van der Waals surface area contributed by atoms with E-state index < -0.39 is 0 Å². The van der Waals surface area contributed by atoms with Gasteiger partial charge in [-0.25, -0.2) is 4.98 Å². The van der Waals surface area contributed by atoms with E-state index in [1.54, 1.807) is 11.8 Å². The van der Waals surface area contributed by atoms with Crippen LogP contribution in [0.2, 0.25) is 0 Å². The zero-order valence-corrected chi connectivity index (χ0v) is 18.0. The first-order valence-corrected chi connectivity index (χ1v) is 11.5. The van der Waals surface area contributed by atoms with Gasteiger partial charge >= 0.3 is 0 Å². The molecule has 0 fully saturated rings. The van der Waals surface area contributed by atoms with Crippen LogP contribution in [0.15, 0.2) is 88.7 Å². The second-order valence-electron chi connectivity index (χ2n) is 7.47. The van der Waals surface area contributed by atoms with Crippen molar-refractivity contribution in [2.45, 2.75) is 36.7 Å². The molecule has 1 aliphatic rings. The summed E-state index contributed by atoms with van der Waals surface area (Å²) in [6.07, 6.45) is 7.07. The van der Waals surface area contributed by atoms with Crippen LogP contribution < -0.4 is 0 Å². The number of benzene rings is 2. The van der Waals surface area contributed by atoms with Crippen LogP contribution in [0.25, 0.3) is 22.4 Å². The Morgan fingerprint density at radius 1 is 0.903 bits per heavy atom. The summed E-state index contributed by atoms with van der Waals surface area (Å²) < 4.78 is 2.21. The van der Waals surface area contributed by atoms with Crippen molar-refractivity contribution in [1.29, 1.82) is 0 Å². The molecule has 5 rings (SSSR count). The third-order valence-corrected chi connectivity index (χ3v) is 6.32. The van der Waals surface area contributed by atoms with Gasteiger partial charge in [-0.2, -0.15) is 0 Å². The lowest BCUT2D eigenvalue weighted by molar-refractivity contribution is 0.596. The quantitative estimate of drug-likeness (QED) is 0.329. The van der Waals surface area contributed by atoms with Gasteiger partial charge in [0.2, 0.25) is 0 Å². The average molecular weight is 426 g/mol. The number of hydrogen-bond acceptors (Lipinski definition) is 5. The first-order chi connectivity index (χ1) is 15.4. The standard InChI is InChI=1S/C25H23N5S/c1-2-8-19(9-3-1)18-31-25-29-28-24(30(25)17-7-12-21-11-6-16-26-21)23-15-14-20-10-4-5-13-22(20)27-23/h1-5,8-11,13-16H,6-7,12,17-18H2. The summed E-state index contributed by atoms with van der Waals surface area (Å²) >= 11 is 1.72. The maximum atomic E-state index is 4.86. The maximum Gasteiger partial charge on any atom is 0.191 e. The normalized spacial score (nSPS) is 13.1. The van der Waals surface area contributed by atoms with Gasteiger partial charge in [0.15, 0.2) is 11.0 Å². The molecule has 0 N–H and O–H groups in total. The van der Waals surface area contributed by atoms with Crippen LogP contribution in [0, 0.1) is 0 Å². The van der Waals surface area contributed by atoms with Gasteiger partial charge in [0, 0.05) is 36.0 Å². The fourth-order valence-corrected chi connectivity index (χ4v) is 4.62. The fraction of sp³-hybridized carbons (Fsp3) is 0.200. The number of fused-ring (bicyclic) bond motifs is 1. The Morgan fingerprint density at radius 2 is 1.77 bits per heavy atom. The van der Waals surface area contributed by atoms with E-state index >= 15 is 0 Å². The van der Waals surface area contributed by atoms with Crippen LogP contribution in [0.5, 0.6) is 0 Å². The molecule has 3 heterocycles. The summed E-state index contributed by atoms with van der Waals surface area (Å²) in [5, 5.41) is 11.1. The Bertz CT molecular complexity index is 1240. The van der Waals surface area contributed by atoms with Gasteiger partial charge in [0.05, 0.1) is 5.52 Å². The summed E-state index contributed by atoms with van der Waals surface area (Å²) in [6, 6.07) is 22.8. The minimum absolute atomic E-state index is 0.824. The van der Waals surface area contributed by atoms with E-state index in [0.29, 0.717) is 0 Å². The number of para-hydroxylation sites is 1. The minimum Gasteiger partial charge on any atom is -0.301 e. The summed E-state index contributed by atoms with van der Waals surface area (Å²) in [5.41, 5.74) is 4.28. The molecule has 6 heteroatoms. The van der Waals surface area contributed by atoms with Crippen LogP contribution in [-0.4, -0.2) is 26.0 Å². The van der Waals surface area contributed by atoms with E-state index in [1.807, 2.05) is 36.5 Å². The molecule has 2 aromatic heterocycles. The number of thioether (sulfide) groups is 1. The topological polar surface area (TPSA) is 56.0 Å². The largest absolute Gasteiger partial charge is 0.301 e. The Labute approximate surface area is 186 Å². The summed E-state index contributed by atoms with van der Waals surface area (Å²) in [6.45, 7) is 0.834. The Morgan fingerprint density at radius 3 is 2.65 bits per heavy atom. The number of hydrogen-bond donors (Lipinski definition) is 0. The van der Waals surface area contributed by atoms with Crippen molar-refractivity contribution in [3.05, 3.63) is 84.1 Å². The Hall–Kier alpha value is -3.25. The first-order valence-electron chi connectivity index (χ1n) is 10.5. The molecule has 0 atom stereocenters. The molecule has 0 aliphatic carbocycles. The molecule has 0 saturated heterocycles. The van der Waals surface area contributed by atoms with Crippen LogP contribution in [0.4, 0.5) is 0 Å². The van der Waals surface area contributed by atoms with Gasteiger partial charge in [-0.15, -0.1) is 10.2 Å². The highest BCUT2D eigenvalue weighted by atomic mass is 32.2. The highest BCUT2D eigenvalue weighted by Crippen LogP contribution is 2.27. The average Bonchev–Trinajstić information content (AvgIpc) is 3.48. The fourth-order valence-electron chi connectivity index (χ4n) is 3.70. The zero-order valence-electron chi connectivity index (χ0n) is 17.2. The molecule has 1 aliphatic heterocycles. The first kappa shape index (κ1) is 19.7. The molecule has 0 bridgehead atoms. The lowest BCUT2D eigenvalue weighted by atomic mass is 10.2. The number of rotatable bonds is 8. The van der Waals surface area contributed by atoms with Crippen molar-refractivity contribution in [2.24, 2.45) is 4.99 Å². The van der Waals surface area contributed by atoms with Crippen molar-refractivity contribution in [1.82, 2.24) is 19.7 Å². The van der Waals surface area contributed by atoms with E-state index in [2.05, 4.69) is 62.2 Å². The van der Waals surface area contributed by atoms with Gasteiger partial charge in [-0.1, -0.05) is 72.4 Å². The van der Waals surface area contributed by atoms with E-state index in [4.69, 9.17) is 4.98 Å². The predicted octanol–water partition coefficient (Wildman–Crippen LogP) is 5.92. The Kier molecular flexibility index (Phi) is 5.89. The van der Waals surface area contributed by atoms with Crippen molar-refractivity contribution >= 4 is 28.9 Å². The van der Waals surface area contributed by atoms with E-state index in [0.717, 1.165) is 59.1 Å². The second kappa shape index (κ2) is 9.27. The van der Waals surface area contributed by atoms with Gasteiger partial charge in [0.1, 0.15) is 5.69 Å². The summed E-state index contributed by atoms with van der Waals surface area (Å²) in [7, 11) is 0. The molecule has 0 amide bonds. The maximum absolute atomic E-state index is 4.86. The molecule has 2 aromatic carbocycles. The van der Waals surface area contributed by atoms with Gasteiger partial charge < -0.3 is 4.57 Å². The van der Waals surface area contributed by atoms with E-state index in [-0.39, 0.29) is 0 Å². The SMILES string of the molecule is C1=NC(CCCn2c(SCc3ccccc3)nnc2-c2ccc3ccccc3n2)=CC1. The molecule has 0 spiro atoms. The van der Waals surface area contributed by atoms with Gasteiger partial charge in [-0.05, 0) is 30.5 Å². The lowest BCUT2D eigenvalue weighted by Gasteiger charge is -2.10. The summed E-state index contributed by atoms with van der Waals surface area (Å²) in [4.78, 5) is 9.30. The van der Waals surface area contributed by atoms with Gasteiger partial charge in [-0.3, -0.25) is 4.99 Å². The molecule has 0 radical (unpaired) electrons. The van der Waals surface area contributed by atoms with Crippen molar-refractivity contribution < 1.29 is 0 Å². The molecular weight excluding hydrogens is 402 g/mol. The van der Waals surface area contributed by atoms with Crippen molar-refractivity contribution in [3.63, 3.8) is 0 Å². The molecular formula is C25H23N5S. The summed E-state index contributed by atoms with van der Waals surface area (Å²) in [5.74, 6) is 1.68. The minimum atomic E-state index is 0.824. The van der Waals surface area contributed by atoms with Crippen LogP contribution in [0.3, 0.4) is 0 Å². The second-order valence-corrected chi connectivity index (χ2v) is 8.41.